The average molecular weight is 531 g/mol. The molecule has 2 heterocycles. The molecule has 2 saturated carbocycles. The fourth-order valence-corrected chi connectivity index (χ4v) is 5.68. The molecule has 2 fully saturated rings. The molecule has 0 radical (unpaired) electrons. The predicted octanol–water partition coefficient (Wildman–Crippen LogP) is 0.623. The molecule has 2 unspecified atom stereocenters. The van der Waals surface area contributed by atoms with Gasteiger partial charge in [0, 0.05) is 24.9 Å². The standard InChI is InChI=1S/C18H23N5O10P2/c1-19-16-15-17(22-13(21-16)4-2-3-5-14(24)25)23(9-20-15)11-6-12(33-35(29,30)31)18(7-10(11)18)8-32-34(26,27)28/h9-12H,3,5-8H2,1H3,(H,24,25)(H,19,21,22)(H2,26,27,28)(H2,29,30,31)/t10-,11?,12?,18+/m0/s1. The van der Waals surface area contributed by atoms with Gasteiger partial charge in [-0.05, 0) is 24.7 Å². The minimum atomic E-state index is -4.90. The van der Waals surface area contributed by atoms with E-state index in [0.717, 1.165) is 0 Å². The topological polar surface area (TPSA) is 226 Å². The molecule has 0 bridgehead atoms. The van der Waals surface area contributed by atoms with Gasteiger partial charge in [0.1, 0.15) is 0 Å². The molecular weight excluding hydrogens is 508 g/mol. The summed E-state index contributed by atoms with van der Waals surface area (Å²) in [5, 5.41) is 11.7. The molecule has 0 spiro atoms. The molecule has 190 valence electrons. The van der Waals surface area contributed by atoms with Crippen molar-refractivity contribution in [3.63, 3.8) is 0 Å². The van der Waals surface area contributed by atoms with Crippen molar-refractivity contribution in [2.45, 2.75) is 37.8 Å². The average Bonchev–Trinajstić information content (AvgIpc) is 3.21. The highest BCUT2D eigenvalue weighted by molar-refractivity contribution is 7.46. The molecule has 0 aliphatic heterocycles. The number of rotatable bonds is 9. The van der Waals surface area contributed by atoms with Crippen LogP contribution in [0.5, 0.6) is 0 Å². The first-order chi connectivity index (χ1) is 16.3. The quantitative estimate of drug-likeness (QED) is 0.193. The number of phosphoric acid groups is 2. The number of carbonyl (C=O) groups is 1. The summed E-state index contributed by atoms with van der Waals surface area (Å²) in [5.74, 6) is 4.69. The van der Waals surface area contributed by atoms with Gasteiger partial charge < -0.3 is 34.6 Å². The minimum Gasteiger partial charge on any atom is -0.481 e. The van der Waals surface area contributed by atoms with Crippen molar-refractivity contribution in [1.82, 2.24) is 19.5 Å². The Balaban J connectivity index is 1.68. The Labute approximate surface area is 198 Å². The van der Waals surface area contributed by atoms with Crippen molar-refractivity contribution in [3.05, 3.63) is 12.2 Å². The Hall–Kier alpha value is -2.40. The van der Waals surface area contributed by atoms with Crippen LogP contribution in [0.15, 0.2) is 6.33 Å². The van der Waals surface area contributed by atoms with Gasteiger partial charge in [-0.2, -0.15) is 0 Å². The van der Waals surface area contributed by atoms with Crippen LogP contribution >= 0.6 is 15.6 Å². The summed E-state index contributed by atoms with van der Waals surface area (Å²) < 4.78 is 34.2. The Morgan fingerprint density at radius 3 is 2.66 bits per heavy atom. The second kappa shape index (κ2) is 9.24. The maximum Gasteiger partial charge on any atom is 0.469 e. The Bertz CT molecular complexity index is 1310. The van der Waals surface area contributed by atoms with E-state index in [2.05, 4.69) is 32.1 Å². The summed E-state index contributed by atoms with van der Waals surface area (Å²) in [6.07, 6.45) is 0.926. The normalized spacial score (nSPS) is 25.7. The van der Waals surface area contributed by atoms with Crippen molar-refractivity contribution in [2.75, 3.05) is 19.0 Å². The molecule has 17 heteroatoms. The lowest BCUT2D eigenvalue weighted by Gasteiger charge is -2.24. The number of carboxylic acids is 1. The second-order valence-corrected chi connectivity index (χ2v) is 10.8. The van der Waals surface area contributed by atoms with E-state index >= 15 is 0 Å². The summed E-state index contributed by atoms with van der Waals surface area (Å²) in [6, 6.07) is -0.413. The lowest BCUT2D eigenvalue weighted by molar-refractivity contribution is -0.136. The summed E-state index contributed by atoms with van der Waals surface area (Å²) in [7, 11) is -8.08. The number of aliphatic carboxylic acids is 1. The Morgan fingerprint density at radius 2 is 2.03 bits per heavy atom. The number of hydrogen-bond donors (Lipinski definition) is 6. The van der Waals surface area contributed by atoms with Gasteiger partial charge in [-0.25, -0.2) is 24.1 Å². The molecule has 2 aromatic rings. The van der Waals surface area contributed by atoms with Crippen LogP contribution in [0, 0.1) is 23.2 Å². The monoisotopic (exact) mass is 531 g/mol. The molecule has 4 rings (SSSR count). The van der Waals surface area contributed by atoms with Crippen molar-refractivity contribution < 1.29 is 47.7 Å². The number of nitrogens with one attached hydrogen (secondary N) is 1. The molecule has 6 N–H and O–H groups in total. The highest BCUT2D eigenvalue weighted by atomic mass is 31.2. The number of nitrogens with zero attached hydrogens (tertiary/aromatic N) is 4. The number of hydrogen-bond acceptors (Lipinski definition) is 9. The van der Waals surface area contributed by atoms with E-state index in [4.69, 9.17) is 23.9 Å². The largest absolute Gasteiger partial charge is 0.481 e. The molecule has 0 amide bonds. The van der Waals surface area contributed by atoms with Crippen molar-refractivity contribution in [3.8, 4) is 11.8 Å². The third-order valence-electron chi connectivity index (χ3n) is 6.19. The molecule has 2 aliphatic rings. The van der Waals surface area contributed by atoms with Gasteiger partial charge in [0.2, 0.25) is 5.82 Å². The fourth-order valence-electron chi connectivity index (χ4n) is 4.64. The van der Waals surface area contributed by atoms with Crippen LogP contribution in [0.4, 0.5) is 5.82 Å². The SMILES string of the molecule is CNc1nc(C#CCCC(=O)O)nc2c1ncn2C1CC(OP(=O)(O)O)[C@@]2(COP(=O)(O)O)C[C@@H]12. The highest BCUT2D eigenvalue weighted by Gasteiger charge is 2.70. The maximum atomic E-state index is 11.6. The molecule has 0 aromatic carbocycles. The van der Waals surface area contributed by atoms with Gasteiger partial charge in [0.25, 0.3) is 0 Å². The van der Waals surface area contributed by atoms with Gasteiger partial charge in [-0.15, -0.1) is 0 Å². The van der Waals surface area contributed by atoms with Gasteiger partial charge in [0.15, 0.2) is 17.0 Å². The van der Waals surface area contributed by atoms with E-state index in [1.165, 1.54) is 6.33 Å². The first kappa shape index (κ1) is 25.7. The van der Waals surface area contributed by atoms with Crippen LogP contribution in [-0.4, -0.2) is 69.9 Å². The van der Waals surface area contributed by atoms with Crippen LogP contribution < -0.4 is 5.32 Å². The third-order valence-corrected chi connectivity index (χ3v) is 7.18. The van der Waals surface area contributed by atoms with Crippen molar-refractivity contribution in [2.24, 2.45) is 11.3 Å². The zero-order valence-electron chi connectivity index (χ0n) is 18.3. The zero-order chi connectivity index (χ0) is 25.6. The summed E-state index contributed by atoms with van der Waals surface area (Å²) in [4.78, 5) is 60.8. The smallest absolute Gasteiger partial charge is 0.469 e. The van der Waals surface area contributed by atoms with E-state index in [1.807, 2.05) is 0 Å². The van der Waals surface area contributed by atoms with Gasteiger partial charge in [-0.1, -0.05) is 5.92 Å². The van der Waals surface area contributed by atoms with E-state index in [0.29, 0.717) is 23.4 Å². The molecule has 0 saturated heterocycles. The third kappa shape index (κ3) is 5.55. The molecule has 4 atom stereocenters. The first-order valence-corrected chi connectivity index (χ1v) is 13.5. The predicted molar refractivity (Wildman–Crippen MR) is 118 cm³/mol. The number of aromatic nitrogens is 4. The van der Waals surface area contributed by atoms with Crippen LogP contribution in [0.1, 0.15) is 37.5 Å². The number of carboxylic acid groups (broad SMARTS) is 1. The maximum absolute atomic E-state index is 11.6. The molecule has 2 aromatic heterocycles. The molecule has 15 nitrogen and oxygen atoms in total. The number of imidazole rings is 1. The Morgan fingerprint density at radius 1 is 1.29 bits per heavy atom. The van der Waals surface area contributed by atoms with E-state index in [-0.39, 0.29) is 31.0 Å². The highest BCUT2D eigenvalue weighted by Crippen LogP contribution is 2.71. The van der Waals surface area contributed by atoms with Crippen LogP contribution in [0.3, 0.4) is 0 Å². The van der Waals surface area contributed by atoms with E-state index < -0.39 is 45.8 Å². The molecule has 35 heavy (non-hydrogen) atoms. The molecular formula is C18H23N5O10P2. The minimum absolute atomic E-state index is 0.110. The first-order valence-electron chi connectivity index (χ1n) is 10.4. The summed E-state index contributed by atoms with van der Waals surface area (Å²) >= 11 is 0. The lowest BCUT2D eigenvalue weighted by atomic mass is 10.0. The van der Waals surface area contributed by atoms with Gasteiger partial charge in [-0.3, -0.25) is 13.8 Å². The van der Waals surface area contributed by atoms with Crippen LogP contribution in [0.25, 0.3) is 11.2 Å². The fraction of sp³-hybridized carbons (Fsp3) is 0.556. The van der Waals surface area contributed by atoms with Gasteiger partial charge in [0.05, 0.1) is 25.5 Å². The van der Waals surface area contributed by atoms with E-state index in [9.17, 15) is 23.7 Å². The summed E-state index contributed by atoms with van der Waals surface area (Å²) in [5.41, 5.74) is -0.201. The Kier molecular flexibility index (Phi) is 6.78. The number of fused-ring (bicyclic) bond motifs is 2. The van der Waals surface area contributed by atoms with Crippen molar-refractivity contribution in [1.29, 1.82) is 0 Å². The van der Waals surface area contributed by atoms with E-state index in [1.54, 1.807) is 11.6 Å². The zero-order valence-corrected chi connectivity index (χ0v) is 20.1. The molecule has 2 aliphatic carbocycles. The number of anilines is 1. The van der Waals surface area contributed by atoms with Crippen LogP contribution in [0.2, 0.25) is 0 Å². The number of phosphoric ester groups is 2. The van der Waals surface area contributed by atoms with Gasteiger partial charge >= 0.3 is 21.6 Å². The lowest BCUT2D eigenvalue weighted by Crippen LogP contribution is -2.26. The summed E-state index contributed by atoms with van der Waals surface area (Å²) in [6.45, 7) is -0.438. The van der Waals surface area contributed by atoms with Crippen molar-refractivity contribution >= 4 is 38.6 Å². The van der Waals surface area contributed by atoms with Crippen LogP contribution in [-0.2, 0) is 23.0 Å². The second-order valence-electron chi connectivity index (χ2n) is 8.36.